The van der Waals surface area contributed by atoms with Gasteiger partial charge in [-0.1, -0.05) is 19.1 Å². The van der Waals surface area contributed by atoms with E-state index in [9.17, 15) is 4.39 Å². The van der Waals surface area contributed by atoms with Gasteiger partial charge < -0.3 is 4.42 Å². The van der Waals surface area contributed by atoms with Crippen molar-refractivity contribution in [3.63, 3.8) is 0 Å². The monoisotopic (exact) mass is 363 g/mol. The number of hydrogen-bond acceptors (Lipinski definition) is 4. The summed E-state index contributed by atoms with van der Waals surface area (Å²) in [5, 5.41) is 15.5. The summed E-state index contributed by atoms with van der Waals surface area (Å²) >= 11 is 0. The largest absolute Gasteiger partial charge is 0.461 e. The van der Waals surface area contributed by atoms with E-state index < -0.39 is 0 Å². The van der Waals surface area contributed by atoms with E-state index in [0.29, 0.717) is 17.4 Å². The molecule has 0 bridgehead atoms. The van der Waals surface area contributed by atoms with Crippen LogP contribution in [-0.4, -0.2) is 25.4 Å². The number of H-pyrrole nitrogens is 2. The number of fused-ring (bicyclic) bond motifs is 1. The van der Waals surface area contributed by atoms with Gasteiger partial charge in [0, 0.05) is 22.6 Å². The second kappa shape index (κ2) is 7.03. The number of hydrogen-bond donors (Lipinski definition) is 2. The van der Waals surface area contributed by atoms with Gasteiger partial charge in [0.2, 0.25) is 0 Å². The van der Waals surface area contributed by atoms with Crippen molar-refractivity contribution in [2.45, 2.75) is 19.8 Å². The summed E-state index contributed by atoms with van der Waals surface area (Å²) in [5.74, 6) is 1.47. The number of halogens is 1. The summed E-state index contributed by atoms with van der Waals surface area (Å²) < 4.78 is 18.7. The summed E-state index contributed by atoms with van der Waals surface area (Å²) in [6.07, 6.45) is 6.28. The lowest BCUT2D eigenvalue weighted by Gasteiger charge is -2.04. The van der Waals surface area contributed by atoms with Crippen LogP contribution in [0.25, 0.3) is 33.9 Å². The average Bonchev–Trinajstić information content (AvgIpc) is 3.44. The predicted molar refractivity (Wildman–Crippen MR) is 102 cm³/mol. The van der Waals surface area contributed by atoms with E-state index in [1.807, 2.05) is 31.2 Å². The molecule has 2 N–H and O–H groups in total. The molecule has 3 heterocycles. The third-order valence-electron chi connectivity index (χ3n) is 4.36. The maximum atomic E-state index is 13.4. The molecule has 0 saturated heterocycles. The molecule has 1 aromatic carbocycles. The highest BCUT2D eigenvalue weighted by molar-refractivity contribution is 5.86. The Labute approximate surface area is 154 Å². The second-order valence-corrected chi connectivity index (χ2v) is 6.18. The molecule has 0 saturated carbocycles. The Hall–Kier alpha value is -3.48. The van der Waals surface area contributed by atoms with Crippen molar-refractivity contribution in [1.29, 1.82) is 0 Å². The van der Waals surface area contributed by atoms with Gasteiger partial charge in [-0.25, -0.2) is 9.37 Å². The van der Waals surface area contributed by atoms with Crippen molar-refractivity contribution in [3.05, 3.63) is 66.3 Å². The normalized spacial score (nSPS) is 13.7. The van der Waals surface area contributed by atoms with E-state index in [1.54, 1.807) is 25.3 Å². The molecular formula is C20H18FN5O. The highest BCUT2D eigenvalue weighted by atomic mass is 19.1. The van der Waals surface area contributed by atoms with Crippen LogP contribution in [0.15, 0.2) is 65.1 Å². The predicted octanol–water partition coefficient (Wildman–Crippen LogP) is 5.14. The molecule has 0 radical (unpaired) electrons. The number of benzene rings is 1. The lowest BCUT2D eigenvalue weighted by atomic mass is 10.0. The molecule has 4 rings (SSSR count). The van der Waals surface area contributed by atoms with Gasteiger partial charge in [-0.2, -0.15) is 10.2 Å². The van der Waals surface area contributed by atoms with Gasteiger partial charge in [-0.15, -0.1) is 0 Å². The van der Waals surface area contributed by atoms with Crippen LogP contribution in [0.1, 0.15) is 25.5 Å². The molecule has 1 atom stereocenters. The molecule has 0 aliphatic carbocycles. The van der Waals surface area contributed by atoms with Gasteiger partial charge >= 0.3 is 0 Å². The number of allylic oxidation sites excluding steroid dienone is 4. The number of nitrogens with zero attached hydrogens (tertiary/aromatic N) is 3. The SMILES string of the molecule is C/C=C(F)\C=C/C(C)c1[nH]nc2ccc(-c3n[nH]c(-c4ccco4)n3)cc12. The molecular weight excluding hydrogens is 345 g/mol. The smallest absolute Gasteiger partial charge is 0.192 e. The van der Waals surface area contributed by atoms with E-state index in [-0.39, 0.29) is 11.7 Å². The van der Waals surface area contributed by atoms with Gasteiger partial charge in [0.05, 0.1) is 11.8 Å². The highest BCUT2D eigenvalue weighted by Crippen LogP contribution is 2.29. The lowest BCUT2D eigenvalue weighted by molar-refractivity contribution is 0.577. The Balaban J connectivity index is 1.69. The van der Waals surface area contributed by atoms with Gasteiger partial charge in [-0.3, -0.25) is 10.2 Å². The number of aromatic nitrogens is 5. The number of aromatic amines is 2. The van der Waals surface area contributed by atoms with Crippen molar-refractivity contribution in [2.75, 3.05) is 0 Å². The first-order valence-corrected chi connectivity index (χ1v) is 8.60. The average molecular weight is 363 g/mol. The molecule has 0 spiro atoms. The van der Waals surface area contributed by atoms with Crippen LogP contribution in [0.5, 0.6) is 0 Å². The van der Waals surface area contributed by atoms with Crippen LogP contribution in [0, 0.1) is 0 Å². The molecule has 1 unspecified atom stereocenters. The quantitative estimate of drug-likeness (QED) is 0.481. The fourth-order valence-corrected chi connectivity index (χ4v) is 2.86. The van der Waals surface area contributed by atoms with Gasteiger partial charge in [-0.05, 0) is 43.3 Å². The number of rotatable bonds is 5. The molecule has 3 aromatic heterocycles. The van der Waals surface area contributed by atoms with Crippen molar-refractivity contribution >= 4 is 10.9 Å². The standard InChI is InChI=1S/C20H18FN5O/c1-3-14(21)8-6-12(2)18-15-11-13(7-9-16(15)23-24-18)19-22-20(26-25-19)17-5-4-10-27-17/h3-12H,1-2H3,(H,23,24)(H,22,25,26)/b8-6-,14-3+. The van der Waals surface area contributed by atoms with Crippen molar-refractivity contribution in [3.8, 4) is 23.0 Å². The first-order chi connectivity index (χ1) is 13.2. The van der Waals surface area contributed by atoms with Crippen LogP contribution < -0.4 is 0 Å². The van der Waals surface area contributed by atoms with Gasteiger partial charge in [0.1, 0.15) is 5.83 Å². The zero-order valence-electron chi connectivity index (χ0n) is 14.9. The summed E-state index contributed by atoms with van der Waals surface area (Å²) in [4.78, 5) is 4.50. The summed E-state index contributed by atoms with van der Waals surface area (Å²) in [7, 11) is 0. The summed E-state index contributed by atoms with van der Waals surface area (Å²) in [6, 6.07) is 9.44. The molecule has 27 heavy (non-hydrogen) atoms. The molecule has 7 heteroatoms. The fraction of sp³-hybridized carbons (Fsp3) is 0.150. The Bertz CT molecular complexity index is 1120. The minimum absolute atomic E-state index is 0.0261. The topological polar surface area (TPSA) is 83.4 Å². The third-order valence-corrected chi connectivity index (χ3v) is 4.36. The minimum Gasteiger partial charge on any atom is -0.461 e. The zero-order valence-corrected chi connectivity index (χ0v) is 14.9. The number of furan rings is 1. The Morgan fingerprint density at radius 2 is 2.11 bits per heavy atom. The van der Waals surface area contributed by atoms with E-state index in [1.165, 1.54) is 12.2 Å². The molecule has 6 nitrogen and oxygen atoms in total. The van der Waals surface area contributed by atoms with Gasteiger partial charge in [0.15, 0.2) is 17.4 Å². The molecule has 4 aromatic rings. The van der Waals surface area contributed by atoms with Crippen LogP contribution in [-0.2, 0) is 0 Å². The van der Waals surface area contributed by atoms with E-state index >= 15 is 0 Å². The van der Waals surface area contributed by atoms with Crippen molar-refractivity contribution in [1.82, 2.24) is 25.4 Å². The fourth-order valence-electron chi connectivity index (χ4n) is 2.86. The minimum atomic E-state index is -0.266. The first kappa shape index (κ1) is 17.0. The van der Waals surface area contributed by atoms with Crippen LogP contribution in [0.3, 0.4) is 0 Å². The van der Waals surface area contributed by atoms with Gasteiger partial charge in [0.25, 0.3) is 0 Å². The molecule has 0 aliphatic heterocycles. The summed E-state index contributed by atoms with van der Waals surface area (Å²) in [5.41, 5.74) is 2.60. The van der Waals surface area contributed by atoms with E-state index in [0.717, 1.165) is 22.2 Å². The van der Waals surface area contributed by atoms with Crippen LogP contribution >= 0.6 is 0 Å². The van der Waals surface area contributed by atoms with E-state index in [4.69, 9.17) is 4.42 Å². The second-order valence-electron chi connectivity index (χ2n) is 6.18. The summed E-state index contributed by atoms with van der Waals surface area (Å²) in [6.45, 7) is 3.65. The highest BCUT2D eigenvalue weighted by Gasteiger charge is 2.14. The van der Waals surface area contributed by atoms with Crippen LogP contribution in [0.2, 0.25) is 0 Å². The zero-order chi connectivity index (χ0) is 18.8. The molecule has 0 amide bonds. The Morgan fingerprint density at radius 1 is 1.22 bits per heavy atom. The third kappa shape index (κ3) is 3.31. The first-order valence-electron chi connectivity index (χ1n) is 8.60. The van der Waals surface area contributed by atoms with Crippen LogP contribution in [0.4, 0.5) is 4.39 Å². The lowest BCUT2D eigenvalue weighted by Crippen LogP contribution is -1.91. The molecule has 136 valence electrons. The van der Waals surface area contributed by atoms with Crippen molar-refractivity contribution < 1.29 is 8.81 Å². The molecule has 0 aliphatic rings. The Kier molecular flexibility index (Phi) is 4.42. The molecule has 0 fully saturated rings. The van der Waals surface area contributed by atoms with Crippen molar-refractivity contribution in [2.24, 2.45) is 0 Å². The maximum Gasteiger partial charge on any atom is 0.192 e. The maximum absolute atomic E-state index is 13.4. The Morgan fingerprint density at radius 3 is 2.89 bits per heavy atom. The number of nitrogens with one attached hydrogen (secondary N) is 2. The van der Waals surface area contributed by atoms with E-state index in [2.05, 4.69) is 25.4 Å².